The second kappa shape index (κ2) is 11.7. The molecule has 2 aromatic carbocycles. The summed E-state index contributed by atoms with van der Waals surface area (Å²) in [5.41, 5.74) is 4.05. The molecule has 1 fully saturated rings. The van der Waals surface area contributed by atoms with Crippen LogP contribution in [0, 0.1) is 12.8 Å². The predicted molar refractivity (Wildman–Crippen MR) is 137 cm³/mol. The number of aromatic hydroxyl groups is 1. The summed E-state index contributed by atoms with van der Waals surface area (Å²) in [6, 6.07) is 19.4. The molecule has 3 aromatic rings. The number of aromatic nitrogens is 2. The Balaban J connectivity index is 1.30. The first-order valence-electron chi connectivity index (χ1n) is 12.3. The molecule has 1 saturated heterocycles. The molecule has 0 bridgehead atoms. The molecule has 0 atom stereocenters. The third-order valence-corrected chi connectivity index (χ3v) is 6.65. The number of aryl methyl sites for hydroxylation is 3. The quantitative estimate of drug-likeness (QED) is 0.422. The normalized spacial score (nSPS) is 14.0. The number of piperidine rings is 1. The fourth-order valence-electron chi connectivity index (χ4n) is 4.57. The van der Waals surface area contributed by atoms with E-state index < -0.39 is 18.4 Å². The van der Waals surface area contributed by atoms with E-state index >= 15 is 0 Å². The van der Waals surface area contributed by atoms with Crippen LogP contribution < -0.4 is 10.2 Å². The molecule has 1 aromatic heterocycles. The average Bonchev–Trinajstić information content (AvgIpc) is 2.89. The number of rotatable bonds is 9. The van der Waals surface area contributed by atoms with Crippen molar-refractivity contribution in [1.29, 1.82) is 0 Å². The maximum absolute atomic E-state index is 12.3. The summed E-state index contributed by atoms with van der Waals surface area (Å²) >= 11 is 0. The molecule has 0 unspecified atom stereocenters. The highest BCUT2D eigenvalue weighted by molar-refractivity contribution is 5.96. The number of carbonyl (C=O) groups is 2. The summed E-state index contributed by atoms with van der Waals surface area (Å²) in [6.45, 7) is 2.93. The van der Waals surface area contributed by atoms with Gasteiger partial charge in [0.05, 0.1) is 5.69 Å². The fraction of sp³-hybridized carbons (Fsp3) is 0.357. The van der Waals surface area contributed by atoms with E-state index in [1.54, 1.807) is 6.92 Å². The van der Waals surface area contributed by atoms with Gasteiger partial charge in [-0.1, -0.05) is 42.5 Å². The Hall–Kier alpha value is -3.94. The van der Waals surface area contributed by atoms with Crippen molar-refractivity contribution in [3.05, 3.63) is 82.9 Å². The highest BCUT2D eigenvalue weighted by atomic mass is 16.4. The zero-order chi connectivity index (χ0) is 25.5. The zero-order valence-electron chi connectivity index (χ0n) is 20.5. The molecule has 1 aliphatic rings. The number of aliphatic carboxylic acids is 1. The number of carboxylic acid groups (broad SMARTS) is 1. The van der Waals surface area contributed by atoms with Gasteiger partial charge in [-0.05, 0) is 61.8 Å². The molecule has 4 rings (SSSR count). The lowest BCUT2D eigenvalue weighted by molar-refractivity contribution is -0.135. The lowest BCUT2D eigenvalue weighted by Gasteiger charge is -2.33. The van der Waals surface area contributed by atoms with E-state index in [1.807, 2.05) is 6.07 Å². The Kier molecular flexibility index (Phi) is 8.15. The van der Waals surface area contributed by atoms with Crippen LogP contribution in [0.25, 0.3) is 0 Å². The topological polar surface area (TPSA) is 116 Å². The number of nitrogens with zero attached hydrogens (tertiary/aromatic N) is 3. The van der Waals surface area contributed by atoms with E-state index in [0.717, 1.165) is 38.8 Å². The van der Waals surface area contributed by atoms with E-state index in [0.29, 0.717) is 23.9 Å². The molecule has 3 N–H and O–H groups in total. The molecular formula is C28H32N4O4. The number of amides is 1. The number of benzene rings is 2. The van der Waals surface area contributed by atoms with Crippen molar-refractivity contribution < 1.29 is 19.8 Å². The Bertz CT molecular complexity index is 1190. The first-order chi connectivity index (χ1) is 17.4. The molecular weight excluding hydrogens is 456 g/mol. The van der Waals surface area contributed by atoms with Crippen LogP contribution in [0.5, 0.6) is 5.75 Å². The number of nitrogens with one attached hydrogen (secondary N) is 1. The summed E-state index contributed by atoms with van der Waals surface area (Å²) in [5, 5.41) is 21.2. The van der Waals surface area contributed by atoms with Crippen molar-refractivity contribution >= 4 is 17.6 Å². The maximum atomic E-state index is 12.3. The number of hydrogen-bond donors (Lipinski definition) is 3. The number of hydrogen-bond acceptors (Lipinski definition) is 6. The highest BCUT2D eigenvalue weighted by Gasteiger charge is 2.23. The van der Waals surface area contributed by atoms with Crippen molar-refractivity contribution in [2.24, 2.45) is 5.92 Å². The first kappa shape index (κ1) is 25.2. The minimum Gasteiger partial charge on any atom is -0.504 e. The number of carbonyl (C=O) groups excluding carboxylic acids is 1. The van der Waals surface area contributed by atoms with Gasteiger partial charge in [-0.2, -0.15) is 0 Å². The predicted octanol–water partition coefficient (Wildman–Crippen LogP) is 3.55. The summed E-state index contributed by atoms with van der Waals surface area (Å²) in [6.07, 6.45) is 4.60. The largest absolute Gasteiger partial charge is 0.504 e. The van der Waals surface area contributed by atoms with Crippen LogP contribution in [0.15, 0.2) is 54.6 Å². The molecule has 8 nitrogen and oxygen atoms in total. The minimum atomic E-state index is -1.16. The maximum Gasteiger partial charge on any atom is 0.322 e. The summed E-state index contributed by atoms with van der Waals surface area (Å²) in [7, 11) is 0. The third kappa shape index (κ3) is 6.59. The average molecular weight is 489 g/mol. The van der Waals surface area contributed by atoms with Crippen molar-refractivity contribution in [3.63, 3.8) is 0 Å². The van der Waals surface area contributed by atoms with Gasteiger partial charge in [-0.25, -0.2) is 9.97 Å². The first-order valence-corrected chi connectivity index (χ1v) is 12.3. The van der Waals surface area contributed by atoms with Crippen LogP contribution in [0.1, 0.15) is 46.0 Å². The van der Waals surface area contributed by atoms with Crippen LogP contribution in [0.2, 0.25) is 0 Å². The van der Waals surface area contributed by atoms with Crippen molar-refractivity contribution in [2.75, 3.05) is 24.5 Å². The molecule has 0 saturated carbocycles. The summed E-state index contributed by atoms with van der Waals surface area (Å²) < 4.78 is 0. The molecule has 1 aliphatic heterocycles. The molecule has 0 spiro atoms. The Morgan fingerprint density at radius 1 is 0.972 bits per heavy atom. The number of carboxylic acids is 1. The molecule has 188 valence electrons. The van der Waals surface area contributed by atoms with Gasteiger partial charge in [0.25, 0.3) is 5.91 Å². The van der Waals surface area contributed by atoms with Gasteiger partial charge in [-0.3, -0.25) is 9.59 Å². The third-order valence-electron chi connectivity index (χ3n) is 6.65. The second-order valence-corrected chi connectivity index (χ2v) is 9.29. The van der Waals surface area contributed by atoms with Gasteiger partial charge in [0.15, 0.2) is 11.4 Å². The molecule has 0 radical (unpaired) electrons. The molecule has 0 aliphatic carbocycles. The Morgan fingerprint density at radius 2 is 1.61 bits per heavy atom. The molecule has 2 heterocycles. The summed E-state index contributed by atoms with van der Waals surface area (Å²) in [4.78, 5) is 34.0. The van der Waals surface area contributed by atoms with Gasteiger partial charge in [0.1, 0.15) is 12.4 Å². The van der Waals surface area contributed by atoms with Crippen LogP contribution >= 0.6 is 0 Å². The van der Waals surface area contributed by atoms with Crippen LogP contribution in [-0.2, 0) is 24.1 Å². The lowest BCUT2D eigenvalue weighted by atomic mass is 9.92. The SMILES string of the molecule is Cc1nc(CC2CCN(c3ccc(CCc4ccccc4)cc3)CC2)nc(C(=O)NCC(=O)O)c1O. The van der Waals surface area contributed by atoms with Crippen molar-refractivity contribution in [3.8, 4) is 5.75 Å². The molecule has 1 amide bonds. The zero-order valence-corrected chi connectivity index (χ0v) is 20.5. The number of anilines is 1. The van der Waals surface area contributed by atoms with Gasteiger partial charge in [0, 0.05) is 25.2 Å². The van der Waals surface area contributed by atoms with Gasteiger partial charge in [0.2, 0.25) is 0 Å². The van der Waals surface area contributed by atoms with Gasteiger partial charge >= 0.3 is 5.97 Å². The minimum absolute atomic E-state index is 0.177. The van der Waals surface area contributed by atoms with Gasteiger partial charge in [-0.15, -0.1) is 0 Å². The lowest BCUT2D eigenvalue weighted by Crippen LogP contribution is -2.34. The Morgan fingerprint density at radius 3 is 2.25 bits per heavy atom. The van der Waals surface area contributed by atoms with Crippen molar-refractivity contribution in [2.45, 2.75) is 39.0 Å². The van der Waals surface area contributed by atoms with E-state index in [1.165, 1.54) is 16.8 Å². The van der Waals surface area contributed by atoms with Crippen LogP contribution in [0.3, 0.4) is 0 Å². The van der Waals surface area contributed by atoms with E-state index in [-0.39, 0.29) is 11.4 Å². The van der Waals surface area contributed by atoms with E-state index in [4.69, 9.17) is 5.11 Å². The Labute approximate surface area is 211 Å². The van der Waals surface area contributed by atoms with E-state index in [2.05, 4.69) is 68.7 Å². The van der Waals surface area contributed by atoms with Gasteiger partial charge < -0.3 is 20.4 Å². The van der Waals surface area contributed by atoms with Crippen LogP contribution in [-0.4, -0.2) is 51.7 Å². The van der Waals surface area contributed by atoms with E-state index in [9.17, 15) is 14.7 Å². The molecule has 8 heteroatoms. The van der Waals surface area contributed by atoms with Crippen molar-refractivity contribution in [1.82, 2.24) is 15.3 Å². The highest BCUT2D eigenvalue weighted by Crippen LogP contribution is 2.27. The smallest absolute Gasteiger partial charge is 0.322 e. The fourth-order valence-corrected chi connectivity index (χ4v) is 4.57. The summed E-state index contributed by atoms with van der Waals surface area (Å²) in [5.74, 6) is -1.34. The second-order valence-electron chi connectivity index (χ2n) is 9.29. The molecule has 36 heavy (non-hydrogen) atoms. The monoisotopic (exact) mass is 488 g/mol. The van der Waals surface area contributed by atoms with Crippen LogP contribution in [0.4, 0.5) is 5.69 Å². The standard InChI is InChI=1S/C28H32N4O4/c1-19-27(35)26(28(36)29-18-25(33)34)31-24(30-19)17-22-13-15-32(16-14-22)23-11-9-21(10-12-23)8-7-20-5-3-2-4-6-20/h2-6,9-12,22,35H,7-8,13-18H2,1H3,(H,29,36)(H,33,34).